The van der Waals surface area contributed by atoms with Crippen LogP contribution in [-0.2, 0) is 30.5 Å². The van der Waals surface area contributed by atoms with Gasteiger partial charge in [-0.15, -0.1) is 0 Å². The Labute approximate surface area is 267 Å². The zero-order valence-electron chi connectivity index (χ0n) is 26.2. The fourth-order valence-corrected chi connectivity index (χ4v) is 7.37. The molecule has 0 fully saturated rings. The molecule has 0 aromatic heterocycles. The van der Waals surface area contributed by atoms with E-state index in [0.29, 0.717) is 66.1 Å². The normalized spacial score (nSPS) is 19.8. The summed E-state index contributed by atoms with van der Waals surface area (Å²) in [6, 6.07) is 19.4. The molecule has 0 radical (unpaired) electrons. The van der Waals surface area contributed by atoms with Gasteiger partial charge in [-0.2, -0.15) is 0 Å². The van der Waals surface area contributed by atoms with Crippen LogP contribution in [0.4, 0.5) is 0 Å². The maximum absolute atomic E-state index is 12.9. The molecular weight excluding hydrogens is 584 g/mol. The highest BCUT2D eigenvalue weighted by atomic mass is 16.7. The Morgan fingerprint density at radius 1 is 0.826 bits per heavy atom. The number of amides is 1. The number of benzene rings is 4. The fraction of sp³-hybridized carbons (Fsp3) is 0.324. The number of phenols is 1. The van der Waals surface area contributed by atoms with E-state index in [1.807, 2.05) is 41.3 Å². The zero-order chi connectivity index (χ0) is 31.5. The quantitative estimate of drug-likeness (QED) is 0.259. The van der Waals surface area contributed by atoms with Crippen LogP contribution in [0.25, 0.3) is 0 Å². The fourth-order valence-electron chi connectivity index (χ4n) is 7.37. The Morgan fingerprint density at radius 2 is 1.61 bits per heavy atom. The molecule has 0 saturated carbocycles. The maximum atomic E-state index is 12.9. The second-order valence-corrected chi connectivity index (χ2v) is 12.5. The van der Waals surface area contributed by atoms with Gasteiger partial charge in [-0.1, -0.05) is 18.2 Å². The number of aromatic hydroxyl groups is 1. The minimum absolute atomic E-state index is 0.0193. The minimum atomic E-state index is -0.202. The minimum Gasteiger partial charge on any atom is -0.504 e. The van der Waals surface area contributed by atoms with Crippen molar-refractivity contribution in [2.45, 2.75) is 44.7 Å². The molecule has 5 heterocycles. The van der Waals surface area contributed by atoms with Gasteiger partial charge in [0.1, 0.15) is 5.75 Å². The van der Waals surface area contributed by atoms with Gasteiger partial charge in [0.2, 0.25) is 18.4 Å². The van der Waals surface area contributed by atoms with Crippen LogP contribution in [0.3, 0.4) is 0 Å². The molecule has 5 aliphatic heterocycles. The molecule has 6 bridgehead atoms. The summed E-state index contributed by atoms with van der Waals surface area (Å²) in [5, 5.41) is 11.0. The molecule has 9 heteroatoms. The molecular formula is C37H36N2O7. The highest BCUT2D eigenvalue weighted by Crippen LogP contribution is 2.52. The van der Waals surface area contributed by atoms with Crippen molar-refractivity contribution in [1.29, 1.82) is 0 Å². The van der Waals surface area contributed by atoms with E-state index in [1.54, 1.807) is 20.1 Å². The molecule has 2 atom stereocenters. The highest BCUT2D eigenvalue weighted by Gasteiger charge is 2.35. The number of hydrogen-bond acceptors (Lipinski definition) is 8. The first kappa shape index (κ1) is 28.6. The number of hydrogen-bond donors (Lipinski definition) is 1. The number of nitrogens with zero attached hydrogens (tertiary/aromatic N) is 2. The van der Waals surface area contributed by atoms with E-state index in [4.69, 9.17) is 23.7 Å². The van der Waals surface area contributed by atoms with Crippen molar-refractivity contribution in [1.82, 2.24) is 9.80 Å². The van der Waals surface area contributed by atoms with E-state index in [-0.39, 0.29) is 30.5 Å². The van der Waals surface area contributed by atoms with Crippen LogP contribution in [-0.4, -0.2) is 54.9 Å². The topological polar surface area (TPSA) is 89.9 Å². The van der Waals surface area contributed by atoms with Gasteiger partial charge in [-0.05, 0) is 103 Å². The van der Waals surface area contributed by atoms with Crippen molar-refractivity contribution in [3.05, 3.63) is 94.0 Å². The Morgan fingerprint density at radius 3 is 2.41 bits per heavy atom. The third-order valence-electron chi connectivity index (χ3n) is 9.78. The number of fused-ring (bicyclic) bond motifs is 3. The van der Waals surface area contributed by atoms with E-state index in [0.717, 1.165) is 40.8 Å². The Bertz CT molecular complexity index is 1850. The second kappa shape index (κ2) is 11.2. The first-order chi connectivity index (χ1) is 22.4. The number of rotatable bonds is 1. The molecule has 9 rings (SSSR count). The summed E-state index contributed by atoms with van der Waals surface area (Å²) in [5.41, 5.74) is 6.42. The molecule has 46 heavy (non-hydrogen) atoms. The van der Waals surface area contributed by atoms with Crippen LogP contribution in [0.1, 0.15) is 52.4 Å². The molecule has 1 N–H and O–H groups in total. The van der Waals surface area contributed by atoms with Gasteiger partial charge >= 0.3 is 0 Å². The van der Waals surface area contributed by atoms with Crippen molar-refractivity contribution in [3.8, 4) is 46.0 Å². The number of carbonyl (C=O) groups is 1. The monoisotopic (exact) mass is 620 g/mol. The smallest absolute Gasteiger partial charge is 0.231 e. The van der Waals surface area contributed by atoms with E-state index in [9.17, 15) is 9.90 Å². The lowest BCUT2D eigenvalue weighted by molar-refractivity contribution is -0.131. The van der Waals surface area contributed by atoms with Gasteiger partial charge in [0.15, 0.2) is 34.5 Å². The van der Waals surface area contributed by atoms with Crippen LogP contribution in [0.2, 0.25) is 0 Å². The van der Waals surface area contributed by atoms with E-state index < -0.39 is 0 Å². The number of ether oxygens (including phenoxy) is 5. The third kappa shape index (κ3) is 4.86. The first-order valence-corrected chi connectivity index (χ1v) is 15.8. The summed E-state index contributed by atoms with van der Waals surface area (Å²) in [5.74, 6) is 4.14. The lowest BCUT2D eigenvalue weighted by Gasteiger charge is -2.37. The van der Waals surface area contributed by atoms with Gasteiger partial charge in [0, 0.05) is 31.6 Å². The third-order valence-corrected chi connectivity index (χ3v) is 9.78. The summed E-state index contributed by atoms with van der Waals surface area (Å²) in [4.78, 5) is 17.1. The number of phenolic OH excluding ortho intramolecular Hbond substituents is 1. The number of carbonyl (C=O) groups excluding carboxylic acids is 1. The molecule has 0 saturated heterocycles. The molecule has 0 spiro atoms. The Hall–Kier alpha value is -4.89. The molecule has 4 aromatic carbocycles. The van der Waals surface area contributed by atoms with Gasteiger partial charge in [-0.25, -0.2) is 0 Å². The molecule has 236 valence electrons. The predicted octanol–water partition coefficient (Wildman–Crippen LogP) is 6.49. The Balaban J connectivity index is 1.31. The summed E-state index contributed by atoms with van der Waals surface area (Å²) in [6.45, 7) is 3.25. The van der Waals surface area contributed by atoms with E-state index in [1.165, 1.54) is 5.56 Å². The second-order valence-electron chi connectivity index (χ2n) is 12.5. The van der Waals surface area contributed by atoms with Crippen molar-refractivity contribution in [2.75, 3.05) is 34.0 Å². The van der Waals surface area contributed by atoms with E-state index >= 15 is 0 Å². The average molecular weight is 621 g/mol. The number of methoxy groups -OCH3 is 1. The van der Waals surface area contributed by atoms with Gasteiger partial charge in [0.25, 0.3) is 0 Å². The van der Waals surface area contributed by atoms with Gasteiger partial charge in [-0.3, -0.25) is 9.69 Å². The van der Waals surface area contributed by atoms with Crippen LogP contribution in [0.5, 0.6) is 46.0 Å². The largest absolute Gasteiger partial charge is 0.504 e. The standard InChI is InChI=1S/C37H36N2O7/c1-21(40)39-13-11-24-17-32(42-3)33-19-27(24)28(39)14-22-4-7-26(8-5-22)45-37-35-25(18-34-36(37)44-20-43-34)10-12-38(2)29(35)15-23-6-9-30(41)31(16-23)46-33/h4-9,16-19,28-29,41H,10-15,20H2,1-3H3/t28-,29-/m0/s1. The van der Waals surface area contributed by atoms with E-state index in [2.05, 4.69) is 30.1 Å². The molecule has 1 amide bonds. The lowest BCUT2D eigenvalue weighted by atomic mass is 9.87. The highest BCUT2D eigenvalue weighted by molar-refractivity contribution is 5.74. The Kier molecular flexibility index (Phi) is 6.94. The predicted molar refractivity (Wildman–Crippen MR) is 171 cm³/mol. The van der Waals surface area contributed by atoms with Crippen molar-refractivity contribution >= 4 is 5.91 Å². The van der Waals surface area contributed by atoms with Crippen LogP contribution >= 0.6 is 0 Å². The molecule has 5 aliphatic rings. The zero-order valence-corrected chi connectivity index (χ0v) is 26.2. The molecule has 0 aliphatic carbocycles. The molecule has 9 nitrogen and oxygen atoms in total. The SMILES string of the molecule is COc1cc2c3cc1Oc1cc(ccc1O)C[C@H]1c4c(cc5c(c4Oc4ccc(cc4)C[C@@H]3N(C(C)=O)CC2)OCO5)CCN1C. The molecule has 4 aromatic rings. The summed E-state index contributed by atoms with van der Waals surface area (Å²) in [7, 11) is 3.74. The maximum Gasteiger partial charge on any atom is 0.231 e. The summed E-state index contributed by atoms with van der Waals surface area (Å²) < 4.78 is 30.8. The summed E-state index contributed by atoms with van der Waals surface area (Å²) in [6.07, 6.45) is 2.82. The van der Waals surface area contributed by atoms with Crippen molar-refractivity contribution in [3.63, 3.8) is 0 Å². The summed E-state index contributed by atoms with van der Waals surface area (Å²) >= 11 is 0. The average Bonchev–Trinajstić information content (AvgIpc) is 3.53. The number of likely N-dealkylation sites (N-methyl/N-ethyl adjacent to an activating group) is 1. The van der Waals surface area contributed by atoms with Crippen LogP contribution < -0.4 is 23.7 Å². The van der Waals surface area contributed by atoms with Crippen LogP contribution in [0.15, 0.2) is 60.7 Å². The van der Waals surface area contributed by atoms with Gasteiger partial charge in [0.05, 0.1) is 13.2 Å². The first-order valence-electron chi connectivity index (χ1n) is 15.8. The van der Waals surface area contributed by atoms with Crippen LogP contribution in [0, 0.1) is 0 Å². The van der Waals surface area contributed by atoms with Crippen molar-refractivity contribution in [2.24, 2.45) is 0 Å². The lowest BCUT2D eigenvalue weighted by Crippen LogP contribution is -2.39. The van der Waals surface area contributed by atoms with Crippen molar-refractivity contribution < 1.29 is 33.6 Å². The van der Waals surface area contributed by atoms with Gasteiger partial charge < -0.3 is 33.7 Å². The molecule has 0 unspecified atom stereocenters.